The zero-order chi connectivity index (χ0) is 12.4. The number of hydrogen-bond acceptors (Lipinski definition) is 3. The van der Waals surface area contributed by atoms with Crippen LogP contribution in [0.25, 0.3) is 22.5 Å². The average molecular weight is 254 g/mol. The lowest BCUT2D eigenvalue weighted by molar-refractivity contribution is 1.08. The third-order valence-electron chi connectivity index (χ3n) is 2.65. The Hall–Kier alpha value is -2.27. The van der Waals surface area contributed by atoms with Crippen molar-refractivity contribution in [1.82, 2.24) is 20.2 Å². The Labute approximate surface area is 109 Å². The number of H-pyrrole nitrogens is 2. The molecule has 0 bridgehead atoms. The van der Waals surface area contributed by atoms with Crippen LogP contribution < -0.4 is 0 Å². The maximum atomic E-state index is 4.93. The van der Waals surface area contributed by atoms with E-state index in [0.29, 0.717) is 4.77 Å². The summed E-state index contributed by atoms with van der Waals surface area (Å²) in [7, 11) is 0. The molecule has 0 saturated carbocycles. The van der Waals surface area contributed by atoms with E-state index in [9.17, 15) is 0 Å². The highest BCUT2D eigenvalue weighted by Gasteiger charge is 2.02. The highest BCUT2D eigenvalue weighted by molar-refractivity contribution is 7.71. The molecule has 2 heterocycles. The molecule has 3 rings (SSSR count). The van der Waals surface area contributed by atoms with E-state index >= 15 is 0 Å². The van der Waals surface area contributed by atoms with E-state index in [2.05, 4.69) is 20.2 Å². The van der Waals surface area contributed by atoms with Crippen molar-refractivity contribution in [3.05, 3.63) is 53.6 Å². The summed E-state index contributed by atoms with van der Waals surface area (Å²) in [5, 5.41) is 5.71. The minimum absolute atomic E-state index is 0.460. The molecule has 0 amide bonds. The minimum atomic E-state index is 0.460. The molecule has 18 heavy (non-hydrogen) atoms. The summed E-state index contributed by atoms with van der Waals surface area (Å²) < 4.78 is 0.460. The monoisotopic (exact) mass is 254 g/mol. The Morgan fingerprint density at radius 1 is 0.889 bits per heavy atom. The number of hydrogen-bond donors (Lipinski definition) is 2. The highest BCUT2D eigenvalue weighted by Crippen LogP contribution is 2.21. The third-order valence-corrected chi connectivity index (χ3v) is 2.85. The van der Waals surface area contributed by atoms with Crippen LogP contribution >= 0.6 is 12.2 Å². The van der Waals surface area contributed by atoms with Gasteiger partial charge >= 0.3 is 0 Å². The van der Waals surface area contributed by atoms with Crippen LogP contribution in [0.3, 0.4) is 0 Å². The van der Waals surface area contributed by atoms with Crippen LogP contribution in [-0.4, -0.2) is 20.2 Å². The van der Waals surface area contributed by atoms with Crippen LogP contribution in [0.5, 0.6) is 0 Å². The van der Waals surface area contributed by atoms with Crippen molar-refractivity contribution in [2.24, 2.45) is 0 Å². The second-order valence-electron chi connectivity index (χ2n) is 3.83. The molecule has 1 aromatic carbocycles. The van der Waals surface area contributed by atoms with Crippen LogP contribution in [0.4, 0.5) is 0 Å². The Morgan fingerprint density at radius 3 is 2.28 bits per heavy atom. The molecule has 0 aliphatic heterocycles. The number of rotatable bonds is 2. The van der Waals surface area contributed by atoms with E-state index in [4.69, 9.17) is 12.2 Å². The van der Waals surface area contributed by atoms with Gasteiger partial charge in [-0.3, -0.25) is 15.2 Å². The van der Waals surface area contributed by atoms with Gasteiger partial charge in [0.1, 0.15) is 0 Å². The molecule has 0 saturated heterocycles. The number of nitrogens with one attached hydrogen (secondary N) is 2. The number of aromatic nitrogens is 4. The van der Waals surface area contributed by atoms with Crippen LogP contribution in [0.2, 0.25) is 0 Å². The van der Waals surface area contributed by atoms with Gasteiger partial charge in [-0.25, -0.2) is 0 Å². The standard InChI is InChI=1S/C13H10N4S/c18-13-15-12(16-17-13)10-5-3-9(4-6-10)11-2-1-7-14-8-11/h1-8H,(H2,15,16,17,18). The Morgan fingerprint density at radius 2 is 1.67 bits per heavy atom. The fourth-order valence-electron chi connectivity index (χ4n) is 1.76. The van der Waals surface area contributed by atoms with E-state index in [1.165, 1.54) is 0 Å². The van der Waals surface area contributed by atoms with Crippen molar-refractivity contribution in [2.45, 2.75) is 0 Å². The first kappa shape index (κ1) is 10.9. The van der Waals surface area contributed by atoms with E-state index in [1.54, 1.807) is 6.20 Å². The number of aromatic amines is 2. The Kier molecular flexibility index (Phi) is 2.74. The molecule has 4 nitrogen and oxygen atoms in total. The summed E-state index contributed by atoms with van der Waals surface area (Å²) in [6.45, 7) is 0. The molecular formula is C13H10N4S. The Bertz CT molecular complexity index is 698. The largest absolute Gasteiger partial charge is 0.282 e. The lowest BCUT2D eigenvalue weighted by atomic mass is 10.1. The van der Waals surface area contributed by atoms with Crippen molar-refractivity contribution in [3.63, 3.8) is 0 Å². The lowest BCUT2D eigenvalue weighted by Crippen LogP contribution is -1.82. The van der Waals surface area contributed by atoms with Crippen molar-refractivity contribution in [1.29, 1.82) is 0 Å². The van der Waals surface area contributed by atoms with Gasteiger partial charge in [-0.05, 0) is 29.4 Å². The summed E-state index contributed by atoms with van der Waals surface area (Å²) in [6, 6.07) is 12.0. The first-order valence-electron chi connectivity index (χ1n) is 5.48. The van der Waals surface area contributed by atoms with Gasteiger partial charge in [-0.1, -0.05) is 30.3 Å². The van der Waals surface area contributed by atoms with Crippen molar-refractivity contribution >= 4 is 12.2 Å². The molecule has 0 aliphatic carbocycles. The molecule has 0 atom stereocenters. The number of pyridine rings is 1. The number of nitrogens with zero attached hydrogens (tertiary/aromatic N) is 2. The predicted octanol–water partition coefficient (Wildman–Crippen LogP) is 3.20. The molecule has 0 radical (unpaired) electrons. The van der Waals surface area contributed by atoms with E-state index in [0.717, 1.165) is 22.5 Å². The van der Waals surface area contributed by atoms with Crippen molar-refractivity contribution in [3.8, 4) is 22.5 Å². The number of benzene rings is 1. The maximum absolute atomic E-state index is 4.93. The van der Waals surface area contributed by atoms with Gasteiger partial charge in [0.2, 0.25) is 4.77 Å². The lowest BCUT2D eigenvalue weighted by Gasteiger charge is -2.01. The SMILES string of the molecule is S=c1nc(-c2ccc(-c3cccnc3)cc2)[nH][nH]1. The van der Waals surface area contributed by atoms with Crippen molar-refractivity contribution < 1.29 is 0 Å². The van der Waals surface area contributed by atoms with Gasteiger partial charge in [0.15, 0.2) is 5.82 Å². The van der Waals surface area contributed by atoms with E-state index in [1.807, 2.05) is 42.6 Å². The summed E-state index contributed by atoms with van der Waals surface area (Å²) in [5.74, 6) is 0.748. The summed E-state index contributed by atoms with van der Waals surface area (Å²) in [4.78, 5) is 8.28. The van der Waals surface area contributed by atoms with Gasteiger partial charge in [0.25, 0.3) is 0 Å². The molecule has 2 aromatic heterocycles. The second kappa shape index (κ2) is 4.54. The fourth-order valence-corrected chi connectivity index (χ4v) is 1.90. The maximum Gasteiger partial charge on any atom is 0.213 e. The van der Waals surface area contributed by atoms with E-state index < -0.39 is 0 Å². The third kappa shape index (κ3) is 2.08. The second-order valence-corrected chi connectivity index (χ2v) is 4.22. The van der Waals surface area contributed by atoms with Crippen LogP contribution in [0.1, 0.15) is 0 Å². The molecule has 5 heteroatoms. The highest BCUT2D eigenvalue weighted by atomic mass is 32.1. The van der Waals surface area contributed by atoms with Crippen molar-refractivity contribution in [2.75, 3.05) is 0 Å². The quantitative estimate of drug-likeness (QED) is 0.690. The summed E-state index contributed by atoms with van der Waals surface area (Å²) in [6.07, 6.45) is 3.61. The smallest absolute Gasteiger partial charge is 0.213 e. The fraction of sp³-hybridized carbons (Fsp3) is 0. The van der Waals surface area contributed by atoms with Gasteiger partial charge in [-0.2, -0.15) is 4.98 Å². The van der Waals surface area contributed by atoms with Crippen LogP contribution in [0.15, 0.2) is 48.8 Å². The zero-order valence-corrected chi connectivity index (χ0v) is 10.2. The normalized spacial score (nSPS) is 10.4. The molecular weight excluding hydrogens is 244 g/mol. The molecule has 88 valence electrons. The molecule has 0 unspecified atom stereocenters. The topological polar surface area (TPSA) is 57.4 Å². The summed E-state index contributed by atoms with van der Waals surface area (Å²) >= 11 is 4.93. The van der Waals surface area contributed by atoms with Gasteiger partial charge in [0.05, 0.1) is 0 Å². The van der Waals surface area contributed by atoms with Crippen LogP contribution in [-0.2, 0) is 0 Å². The molecule has 0 aliphatic rings. The van der Waals surface area contributed by atoms with E-state index in [-0.39, 0.29) is 0 Å². The van der Waals surface area contributed by atoms with Gasteiger partial charge in [0, 0.05) is 18.0 Å². The first-order valence-corrected chi connectivity index (χ1v) is 5.89. The zero-order valence-electron chi connectivity index (χ0n) is 9.42. The molecule has 0 spiro atoms. The summed E-state index contributed by atoms with van der Waals surface area (Å²) in [5.41, 5.74) is 3.22. The average Bonchev–Trinajstić information content (AvgIpc) is 2.87. The Balaban J connectivity index is 1.97. The van der Waals surface area contributed by atoms with Gasteiger partial charge < -0.3 is 0 Å². The minimum Gasteiger partial charge on any atom is -0.282 e. The van der Waals surface area contributed by atoms with Crippen LogP contribution in [0, 0.1) is 4.77 Å². The predicted molar refractivity (Wildman–Crippen MR) is 72.4 cm³/mol. The molecule has 2 N–H and O–H groups in total. The molecule has 3 aromatic rings. The van der Waals surface area contributed by atoms with Gasteiger partial charge in [-0.15, -0.1) is 0 Å². The molecule has 0 fully saturated rings. The first-order chi connectivity index (χ1) is 8.83.